The molecule has 0 bridgehead atoms. The van der Waals surface area contributed by atoms with Gasteiger partial charge in [0.15, 0.2) is 11.1 Å². The summed E-state index contributed by atoms with van der Waals surface area (Å²) in [5, 5.41) is 20.1. The highest BCUT2D eigenvalue weighted by Crippen LogP contribution is 2.54. The Morgan fingerprint density at radius 3 is 2.41 bits per heavy atom. The van der Waals surface area contributed by atoms with E-state index in [-0.39, 0.29) is 24.8 Å². The van der Waals surface area contributed by atoms with Crippen LogP contribution in [0.1, 0.15) is 61.0 Å². The van der Waals surface area contributed by atoms with Crippen LogP contribution in [0, 0.1) is 29.1 Å². The third-order valence-electron chi connectivity index (χ3n) is 9.49. The van der Waals surface area contributed by atoms with Gasteiger partial charge in [-0.05, 0) is 67.6 Å². The number of carboxylic acid groups (broad SMARTS) is 1. The molecule has 1 saturated heterocycles. The van der Waals surface area contributed by atoms with E-state index < -0.39 is 60.4 Å². The topological polar surface area (TPSA) is 144 Å². The van der Waals surface area contributed by atoms with Crippen molar-refractivity contribution in [3.05, 3.63) is 65.6 Å². The van der Waals surface area contributed by atoms with Crippen molar-refractivity contribution in [2.24, 2.45) is 29.1 Å². The number of aromatic nitrogens is 3. The van der Waals surface area contributed by atoms with Crippen molar-refractivity contribution in [2.45, 2.75) is 56.8 Å². The fourth-order valence-corrected chi connectivity index (χ4v) is 6.84. The van der Waals surface area contributed by atoms with Crippen LogP contribution in [0.3, 0.4) is 0 Å². The Labute approximate surface area is 262 Å². The maximum atomic E-state index is 13.8. The standard InChI is InChI=1S/C32H36F3N5O6/c1-45-17-22(31(29(42)43)13-21(32(33,34)35)14-36-28(31)41)23-11-12-25-37-24(15-40(25)39-23)27(26(19-7-8-19)20-9-10-20)38-30(44)46-16-18-5-3-2-4-6-18/h2-6,11-12,15,19-22,26-27H,7-10,13-14,16-17H2,1H3,(H,36,41)(H,38,44)(H,42,43)/t21-,22?,27-,31?/m1/s1. The molecule has 14 heteroatoms. The molecule has 4 atom stereocenters. The molecule has 3 heterocycles. The van der Waals surface area contributed by atoms with Crippen LogP contribution in [0.2, 0.25) is 0 Å². The lowest BCUT2D eigenvalue weighted by atomic mass is 9.65. The zero-order valence-corrected chi connectivity index (χ0v) is 25.2. The van der Waals surface area contributed by atoms with Gasteiger partial charge in [-0.3, -0.25) is 9.59 Å². The summed E-state index contributed by atoms with van der Waals surface area (Å²) in [5.41, 5.74) is -0.651. The van der Waals surface area contributed by atoms with Gasteiger partial charge >= 0.3 is 18.2 Å². The summed E-state index contributed by atoms with van der Waals surface area (Å²) in [6, 6.07) is 11.9. The molecule has 2 unspecified atom stereocenters. The Hall–Kier alpha value is -4.20. The number of aliphatic carboxylic acids is 1. The van der Waals surface area contributed by atoms with Crippen molar-refractivity contribution >= 4 is 23.6 Å². The molecular weight excluding hydrogens is 607 g/mol. The first-order valence-corrected chi connectivity index (χ1v) is 15.4. The molecule has 3 aromatic rings. The number of carbonyl (C=O) groups excluding carboxylic acids is 2. The Balaban J connectivity index is 1.32. The van der Waals surface area contributed by atoms with Gasteiger partial charge in [-0.2, -0.15) is 18.3 Å². The Morgan fingerprint density at radius 2 is 1.80 bits per heavy atom. The maximum absolute atomic E-state index is 13.8. The average molecular weight is 644 g/mol. The molecule has 2 amide bonds. The molecule has 2 aromatic heterocycles. The number of alkyl carbamates (subject to hydrolysis) is 1. The number of benzene rings is 1. The monoisotopic (exact) mass is 643 g/mol. The van der Waals surface area contributed by atoms with Crippen molar-refractivity contribution in [3.63, 3.8) is 0 Å². The smallest absolute Gasteiger partial charge is 0.408 e. The van der Waals surface area contributed by atoms with Gasteiger partial charge in [0, 0.05) is 13.7 Å². The largest absolute Gasteiger partial charge is 0.480 e. The molecule has 6 rings (SSSR count). The Morgan fingerprint density at radius 1 is 1.11 bits per heavy atom. The van der Waals surface area contributed by atoms with E-state index in [0.717, 1.165) is 31.2 Å². The number of carbonyl (C=O) groups is 3. The first kappa shape index (κ1) is 31.8. The first-order valence-electron chi connectivity index (χ1n) is 15.4. The number of ether oxygens (including phenoxy) is 2. The summed E-state index contributed by atoms with van der Waals surface area (Å²) in [5.74, 6) is -5.13. The molecule has 3 N–H and O–H groups in total. The van der Waals surface area contributed by atoms with Crippen LogP contribution in [-0.4, -0.2) is 64.1 Å². The van der Waals surface area contributed by atoms with Crippen molar-refractivity contribution in [2.75, 3.05) is 20.3 Å². The van der Waals surface area contributed by atoms with E-state index in [9.17, 15) is 32.7 Å². The summed E-state index contributed by atoms with van der Waals surface area (Å²) in [6.45, 7) is -0.977. The normalized spacial score (nSPS) is 23.2. The number of rotatable bonds is 12. The SMILES string of the molecule is COCC(c1ccc2nc([C@@H](NC(=O)OCc3ccccc3)C(C3CC3)C3CC3)cn2n1)C1(C(=O)O)C[C@@H](C(F)(F)F)CNC1=O. The summed E-state index contributed by atoms with van der Waals surface area (Å²) >= 11 is 0. The number of carboxylic acids is 1. The molecule has 0 spiro atoms. The summed E-state index contributed by atoms with van der Waals surface area (Å²) in [7, 11) is 1.28. The average Bonchev–Trinajstić information content (AvgIpc) is 3.97. The van der Waals surface area contributed by atoms with E-state index >= 15 is 0 Å². The number of alkyl halides is 3. The van der Waals surface area contributed by atoms with Crippen LogP contribution in [0.15, 0.2) is 48.7 Å². The highest BCUT2D eigenvalue weighted by molar-refractivity contribution is 6.03. The van der Waals surface area contributed by atoms with Crippen molar-refractivity contribution in [1.29, 1.82) is 0 Å². The zero-order valence-electron chi connectivity index (χ0n) is 25.2. The van der Waals surface area contributed by atoms with Crippen LogP contribution in [0.5, 0.6) is 0 Å². The van der Waals surface area contributed by atoms with Gasteiger partial charge in [-0.25, -0.2) is 14.3 Å². The van der Waals surface area contributed by atoms with Gasteiger partial charge in [0.05, 0.1) is 42.1 Å². The molecule has 1 aliphatic heterocycles. The van der Waals surface area contributed by atoms with E-state index in [1.165, 1.54) is 17.7 Å². The number of imidazole rings is 1. The summed E-state index contributed by atoms with van der Waals surface area (Å²) in [6.07, 6.45) is -0.437. The van der Waals surface area contributed by atoms with Crippen LogP contribution in [0.25, 0.3) is 5.65 Å². The second kappa shape index (κ2) is 12.5. The molecule has 246 valence electrons. The van der Waals surface area contributed by atoms with Crippen molar-refractivity contribution in [3.8, 4) is 0 Å². The van der Waals surface area contributed by atoms with Gasteiger partial charge in [0.2, 0.25) is 5.91 Å². The number of nitrogens with one attached hydrogen (secondary N) is 2. The Kier molecular flexibility index (Phi) is 8.66. The minimum Gasteiger partial charge on any atom is -0.480 e. The number of methoxy groups -OCH3 is 1. The molecule has 3 fully saturated rings. The van der Waals surface area contributed by atoms with Crippen LogP contribution < -0.4 is 10.6 Å². The summed E-state index contributed by atoms with van der Waals surface area (Å²) in [4.78, 5) is 43.6. The number of hydrogen-bond donors (Lipinski definition) is 3. The maximum Gasteiger partial charge on any atom is 0.408 e. The highest BCUT2D eigenvalue weighted by atomic mass is 19.4. The minimum absolute atomic E-state index is 0.0615. The second-order valence-electron chi connectivity index (χ2n) is 12.6. The quantitative estimate of drug-likeness (QED) is 0.243. The third-order valence-corrected chi connectivity index (χ3v) is 9.49. The molecule has 2 saturated carbocycles. The van der Waals surface area contributed by atoms with Crippen LogP contribution in [0.4, 0.5) is 18.0 Å². The van der Waals surface area contributed by atoms with Gasteiger partial charge in [0.25, 0.3) is 0 Å². The molecule has 1 aromatic carbocycles. The van der Waals surface area contributed by atoms with Gasteiger partial charge in [-0.1, -0.05) is 30.3 Å². The predicted octanol–water partition coefficient (Wildman–Crippen LogP) is 4.63. The van der Waals surface area contributed by atoms with Crippen LogP contribution >= 0.6 is 0 Å². The fraction of sp³-hybridized carbons (Fsp3) is 0.531. The Bertz CT molecular complexity index is 1580. The van der Waals surface area contributed by atoms with Gasteiger partial charge < -0.3 is 25.2 Å². The molecule has 3 aliphatic rings. The number of halogens is 3. The fourth-order valence-electron chi connectivity index (χ4n) is 6.84. The van der Waals surface area contributed by atoms with E-state index in [2.05, 4.69) is 15.7 Å². The molecule has 11 nitrogen and oxygen atoms in total. The van der Waals surface area contributed by atoms with E-state index in [1.807, 2.05) is 30.3 Å². The number of fused-ring (bicyclic) bond motifs is 1. The van der Waals surface area contributed by atoms with E-state index in [1.54, 1.807) is 12.3 Å². The molecular formula is C32H36F3N5O6. The summed E-state index contributed by atoms with van der Waals surface area (Å²) < 4.78 is 53.6. The van der Waals surface area contributed by atoms with Gasteiger partial charge in [0.1, 0.15) is 6.61 Å². The zero-order chi connectivity index (χ0) is 32.6. The van der Waals surface area contributed by atoms with E-state index in [0.29, 0.717) is 23.2 Å². The van der Waals surface area contributed by atoms with Gasteiger partial charge in [-0.15, -0.1) is 0 Å². The van der Waals surface area contributed by atoms with Crippen molar-refractivity contribution in [1.82, 2.24) is 25.2 Å². The number of piperidine rings is 1. The first-order chi connectivity index (χ1) is 22.0. The van der Waals surface area contributed by atoms with Crippen LogP contribution in [-0.2, 0) is 25.7 Å². The molecule has 0 radical (unpaired) electrons. The number of hydrogen-bond acceptors (Lipinski definition) is 7. The lowest BCUT2D eigenvalue weighted by molar-refractivity contribution is -0.197. The lowest BCUT2D eigenvalue weighted by Crippen LogP contribution is -2.59. The lowest BCUT2D eigenvalue weighted by Gasteiger charge is -2.41. The number of nitrogens with zero attached hydrogens (tertiary/aromatic N) is 3. The predicted molar refractivity (Wildman–Crippen MR) is 156 cm³/mol. The second-order valence-corrected chi connectivity index (χ2v) is 12.6. The number of amides is 2. The molecule has 46 heavy (non-hydrogen) atoms. The highest BCUT2D eigenvalue weighted by Gasteiger charge is 2.60. The van der Waals surface area contributed by atoms with E-state index in [4.69, 9.17) is 14.5 Å². The minimum atomic E-state index is -4.72. The van der Waals surface area contributed by atoms with Crippen molar-refractivity contribution < 1.29 is 42.1 Å². The molecule has 2 aliphatic carbocycles. The third kappa shape index (κ3) is 6.39.